The number of rotatable bonds is 11. The van der Waals surface area contributed by atoms with Gasteiger partial charge in [0.15, 0.2) is 0 Å². The molecule has 0 aliphatic heterocycles. The lowest BCUT2D eigenvalue weighted by Crippen LogP contribution is -2.22. The molecule has 3 N–H and O–H groups in total. The Balaban J connectivity index is 2.34. The molecular formula is C27H38N2O4. The van der Waals surface area contributed by atoms with Crippen molar-refractivity contribution in [2.75, 3.05) is 19.5 Å². The summed E-state index contributed by atoms with van der Waals surface area (Å²) in [5.74, 6) is 0.794. The molecule has 2 rings (SSSR count). The van der Waals surface area contributed by atoms with Crippen LogP contribution < -0.4 is 20.5 Å². The highest BCUT2D eigenvalue weighted by atomic mass is 16.5. The van der Waals surface area contributed by atoms with Gasteiger partial charge in [0.05, 0.1) is 14.2 Å². The van der Waals surface area contributed by atoms with Crippen LogP contribution in [-0.4, -0.2) is 26.0 Å². The van der Waals surface area contributed by atoms with Crippen LogP contribution in [0.5, 0.6) is 11.5 Å². The van der Waals surface area contributed by atoms with Crippen LogP contribution in [0.1, 0.15) is 87.2 Å². The van der Waals surface area contributed by atoms with Gasteiger partial charge in [-0.05, 0) is 47.1 Å². The number of methoxy groups -OCH3 is 2. The van der Waals surface area contributed by atoms with Gasteiger partial charge in [0.25, 0.3) is 0 Å². The fourth-order valence-electron chi connectivity index (χ4n) is 4.04. The van der Waals surface area contributed by atoms with E-state index in [9.17, 15) is 9.59 Å². The highest BCUT2D eigenvalue weighted by Gasteiger charge is 2.23. The van der Waals surface area contributed by atoms with Crippen molar-refractivity contribution in [2.24, 2.45) is 5.73 Å². The van der Waals surface area contributed by atoms with Gasteiger partial charge in [0, 0.05) is 23.7 Å². The molecule has 0 heterocycles. The summed E-state index contributed by atoms with van der Waals surface area (Å²) in [6, 6.07) is 11.0. The highest BCUT2D eigenvalue weighted by molar-refractivity contribution is 5.97. The number of hydrogen-bond acceptors (Lipinski definition) is 4. The first kappa shape index (κ1) is 26.2. The zero-order valence-corrected chi connectivity index (χ0v) is 20.8. The predicted molar refractivity (Wildman–Crippen MR) is 133 cm³/mol. The first-order chi connectivity index (χ1) is 15.6. The third-order valence-corrected chi connectivity index (χ3v) is 5.85. The standard InChI is InChI=1S/C27H38N2O4/c1-7-8-9-10-18(21-13-12-20(32-5)17-24(21)33-6)16-25(30)29-23-15-19(26(28)31)11-14-22(23)27(2,3)4/h11-15,17-18H,7-10,16H2,1-6H3,(H2,28,31)(H,29,30). The molecule has 0 saturated carbocycles. The van der Waals surface area contributed by atoms with Gasteiger partial charge in [0.2, 0.25) is 11.8 Å². The number of carbonyl (C=O) groups excluding carboxylic acids is 2. The zero-order chi connectivity index (χ0) is 24.6. The summed E-state index contributed by atoms with van der Waals surface area (Å²) < 4.78 is 10.9. The Morgan fingerprint density at radius 2 is 1.76 bits per heavy atom. The van der Waals surface area contributed by atoms with E-state index in [-0.39, 0.29) is 17.2 Å². The van der Waals surface area contributed by atoms with Crippen molar-refractivity contribution < 1.29 is 19.1 Å². The molecule has 1 atom stereocenters. The van der Waals surface area contributed by atoms with Crippen LogP contribution in [0.2, 0.25) is 0 Å². The second-order valence-electron chi connectivity index (χ2n) is 9.43. The van der Waals surface area contributed by atoms with E-state index in [1.165, 1.54) is 0 Å². The number of anilines is 1. The molecule has 0 saturated heterocycles. The summed E-state index contributed by atoms with van der Waals surface area (Å²) in [4.78, 5) is 24.9. The van der Waals surface area contributed by atoms with Crippen LogP contribution in [-0.2, 0) is 10.2 Å². The van der Waals surface area contributed by atoms with Crippen LogP contribution in [0.15, 0.2) is 36.4 Å². The Bertz CT molecular complexity index is 963. The lowest BCUT2D eigenvalue weighted by Gasteiger charge is -2.25. The number of ether oxygens (including phenoxy) is 2. The number of hydrogen-bond donors (Lipinski definition) is 2. The molecular weight excluding hydrogens is 416 g/mol. The molecule has 2 amide bonds. The van der Waals surface area contributed by atoms with Gasteiger partial charge >= 0.3 is 0 Å². The number of unbranched alkanes of at least 4 members (excludes halogenated alkanes) is 2. The topological polar surface area (TPSA) is 90.7 Å². The van der Waals surface area contributed by atoms with Crippen molar-refractivity contribution in [2.45, 2.75) is 71.1 Å². The Labute approximate surface area is 197 Å². The van der Waals surface area contributed by atoms with Gasteiger partial charge in [-0.25, -0.2) is 0 Å². The molecule has 0 radical (unpaired) electrons. The van der Waals surface area contributed by atoms with E-state index >= 15 is 0 Å². The Morgan fingerprint density at radius 1 is 1.03 bits per heavy atom. The summed E-state index contributed by atoms with van der Waals surface area (Å²) >= 11 is 0. The Kier molecular flexibility index (Phi) is 9.32. The number of primary amides is 1. The summed E-state index contributed by atoms with van der Waals surface area (Å²) in [5, 5.41) is 3.05. The lowest BCUT2D eigenvalue weighted by atomic mass is 9.84. The maximum atomic E-state index is 13.2. The number of nitrogens with two attached hydrogens (primary N) is 1. The van der Waals surface area contributed by atoms with Gasteiger partial charge in [-0.1, -0.05) is 59.1 Å². The second kappa shape index (κ2) is 11.7. The third-order valence-electron chi connectivity index (χ3n) is 5.85. The van der Waals surface area contributed by atoms with Gasteiger partial charge in [-0.3, -0.25) is 9.59 Å². The van der Waals surface area contributed by atoms with Crippen molar-refractivity contribution in [3.63, 3.8) is 0 Å². The van der Waals surface area contributed by atoms with Gasteiger partial charge in [-0.2, -0.15) is 0 Å². The van der Waals surface area contributed by atoms with Gasteiger partial charge in [0.1, 0.15) is 11.5 Å². The minimum absolute atomic E-state index is 0.00480. The maximum Gasteiger partial charge on any atom is 0.248 e. The average Bonchev–Trinajstić information content (AvgIpc) is 2.77. The fraction of sp³-hybridized carbons (Fsp3) is 0.481. The summed E-state index contributed by atoms with van der Waals surface area (Å²) in [5.41, 5.74) is 8.20. The molecule has 0 aliphatic carbocycles. The molecule has 0 spiro atoms. The summed E-state index contributed by atoms with van der Waals surface area (Å²) in [7, 11) is 3.25. The van der Waals surface area contributed by atoms with E-state index in [1.807, 2.05) is 24.3 Å². The smallest absolute Gasteiger partial charge is 0.248 e. The molecule has 1 unspecified atom stereocenters. The first-order valence-corrected chi connectivity index (χ1v) is 11.6. The average molecular weight is 455 g/mol. The minimum Gasteiger partial charge on any atom is -0.497 e. The van der Waals surface area contributed by atoms with Crippen molar-refractivity contribution in [3.8, 4) is 11.5 Å². The normalized spacial score (nSPS) is 12.2. The molecule has 6 nitrogen and oxygen atoms in total. The van der Waals surface area contributed by atoms with Crippen LogP contribution in [0.25, 0.3) is 0 Å². The highest BCUT2D eigenvalue weighted by Crippen LogP contribution is 2.36. The van der Waals surface area contributed by atoms with Crippen molar-refractivity contribution in [1.29, 1.82) is 0 Å². The molecule has 33 heavy (non-hydrogen) atoms. The van der Waals surface area contributed by atoms with Crippen LogP contribution >= 0.6 is 0 Å². The van der Waals surface area contributed by atoms with Crippen molar-refractivity contribution in [3.05, 3.63) is 53.1 Å². The molecule has 180 valence electrons. The maximum absolute atomic E-state index is 13.2. The number of amides is 2. The minimum atomic E-state index is -0.522. The van der Waals surface area contributed by atoms with E-state index in [2.05, 4.69) is 33.0 Å². The van der Waals surface area contributed by atoms with Crippen molar-refractivity contribution in [1.82, 2.24) is 0 Å². The molecule has 0 bridgehead atoms. The Morgan fingerprint density at radius 3 is 2.33 bits per heavy atom. The predicted octanol–water partition coefficient (Wildman–Crippen LogP) is 5.79. The van der Waals surface area contributed by atoms with E-state index < -0.39 is 5.91 Å². The third kappa shape index (κ3) is 7.24. The molecule has 2 aromatic carbocycles. The largest absolute Gasteiger partial charge is 0.497 e. The van der Waals surface area contributed by atoms with E-state index in [0.717, 1.165) is 42.6 Å². The van der Waals surface area contributed by atoms with Crippen molar-refractivity contribution >= 4 is 17.5 Å². The fourth-order valence-corrected chi connectivity index (χ4v) is 4.04. The van der Waals surface area contributed by atoms with Crippen LogP contribution in [0, 0.1) is 0 Å². The molecule has 6 heteroatoms. The van der Waals surface area contributed by atoms with E-state index in [4.69, 9.17) is 15.2 Å². The Hall–Kier alpha value is -3.02. The lowest BCUT2D eigenvalue weighted by molar-refractivity contribution is -0.116. The van der Waals surface area contributed by atoms with E-state index in [1.54, 1.807) is 26.4 Å². The quantitative estimate of drug-likeness (QED) is 0.420. The SMILES string of the molecule is CCCCCC(CC(=O)Nc1cc(C(N)=O)ccc1C(C)(C)C)c1ccc(OC)cc1OC. The van der Waals surface area contributed by atoms with Gasteiger partial charge in [-0.15, -0.1) is 0 Å². The van der Waals surface area contributed by atoms with Crippen LogP contribution in [0.3, 0.4) is 0 Å². The number of carbonyl (C=O) groups is 2. The molecule has 0 fully saturated rings. The van der Waals surface area contributed by atoms with Gasteiger partial charge < -0.3 is 20.5 Å². The monoisotopic (exact) mass is 454 g/mol. The number of benzene rings is 2. The summed E-state index contributed by atoms with van der Waals surface area (Å²) in [6.45, 7) is 8.36. The van der Waals surface area contributed by atoms with Crippen LogP contribution in [0.4, 0.5) is 5.69 Å². The first-order valence-electron chi connectivity index (χ1n) is 11.6. The second-order valence-corrected chi connectivity index (χ2v) is 9.43. The molecule has 0 aliphatic rings. The zero-order valence-electron chi connectivity index (χ0n) is 20.8. The molecule has 0 aromatic heterocycles. The number of nitrogens with one attached hydrogen (secondary N) is 1. The molecule has 2 aromatic rings. The summed E-state index contributed by atoms with van der Waals surface area (Å²) in [6.07, 6.45) is 4.40. The van der Waals surface area contributed by atoms with E-state index in [0.29, 0.717) is 23.4 Å².